The zero-order valence-corrected chi connectivity index (χ0v) is 33.4. The van der Waals surface area contributed by atoms with Gasteiger partial charge in [0.1, 0.15) is 6.17 Å². The molecule has 12 rings (SSSR count). The van der Waals surface area contributed by atoms with E-state index in [-0.39, 0.29) is 12.2 Å². The number of rotatable bonds is 7. The number of benzene rings is 9. The molecule has 0 amide bonds. The molecule has 2 atom stereocenters. The van der Waals surface area contributed by atoms with Crippen molar-refractivity contribution < 1.29 is 0 Å². The maximum atomic E-state index is 5.42. The van der Waals surface area contributed by atoms with Crippen LogP contribution in [0, 0.1) is 0 Å². The van der Waals surface area contributed by atoms with E-state index in [0.29, 0.717) is 0 Å². The summed E-state index contributed by atoms with van der Waals surface area (Å²) in [6, 6.07) is 81.0. The zero-order valence-electron chi connectivity index (χ0n) is 33.4. The van der Waals surface area contributed by atoms with E-state index in [9.17, 15) is 0 Å². The van der Waals surface area contributed by atoms with Crippen LogP contribution in [0.4, 0.5) is 0 Å². The van der Waals surface area contributed by atoms with Crippen LogP contribution in [-0.2, 0) is 0 Å². The van der Waals surface area contributed by atoms with E-state index in [0.717, 1.165) is 33.7 Å². The molecule has 0 fully saturated rings. The Morgan fingerprint density at radius 2 is 0.852 bits per heavy atom. The van der Waals surface area contributed by atoms with Gasteiger partial charge in [-0.05, 0) is 87.5 Å². The molecule has 4 nitrogen and oxygen atoms in total. The molecule has 0 saturated heterocycles. The third-order valence-corrected chi connectivity index (χ3v) is 12.4. The largest absolute Gasteiger partial charge is 0.309 e. The predicted octanol–water partition coefficient (Wildman–Crippen LogP) is 14.0. The molecule has 11 aromatic rings. The van der Waals surface area contributed by atoms with Crippen molar-refractivity contribution in [2.45, 2.75) is 12.2 Å². The number of nitrogens with one attached hydrogen (secondary N) is 1. The first-order chi connectivity index (χ1) is 30.2. The highest BCUT2D eigenvalue weighted by Gasteiger charge is 2.31. The molecule has 0 radical (unpaired) electrons. The van der Waals surface area contributed by atoms with E-state index in [1.165, 1.54) is 65.9 Å². The SMILES string of the molecule is c1ccc(C2=NC(c3cccc(-n4c5cc(-c6ccccc6)ccc5c5cc6c7ccccc7n(-c7ccc(-c8ccccc8)cc7)c6cc54)c3)NC2c2ccccc2)cc1. The topological polar surface area (TPSA) is 34.2 Å². The smallest absolute Gasteiger partial charge is 0.126 e. The number of para-hydroxylation sites is 1. The van der Waals surface area contributed by atoms with Gasteiger partial charge in [0, 0.05) is 32.9 Å². The molecule has 1 aliphatic heterocycles. The van der Waals surface area contributed by atoms with Crippen molar-refractivity contribution in [3.63, 3.8) is 0 Å². The van der Waals surface area contributed by atoms with Crippen LogP contribution in [0.1, 0.15) is 28.9 Å². The van der Waals surface area contributed by atoms with E-state index in [4.69, 9.17) is 4.99 Å². The molecular formula is C57H40N4. The molecule has 1 N–H and O–H groups in total. The summed E-state index contributed by atoms with van der Waals surface area (Å²) in [7, 11) is 0. The van der Waals surface area contributed by atoms with Gasteiger partial charge in [-0.25, -0.2) is 0 Å². The lowest BCUT2D eigenvalue weighted by Gasteiger charge is -2.17. The van der Waals surface area contributed by atoms with Gasteiger partial charge >= 0.3 is 0 Å². The van der Waals surface area contributed by atoms with Crippen LogP contribution >= 0.6 is 0 Å². The molecule has 0 bridgehead atoms. The predicted molar refractivity (Wildman–Crippen MR) is 254 cm³/mol. The number of hydrogen-bond donors (Lipinski definition) is 1. The van der Waals surface area contributed by atoms with Crippen molar-refractivity contribution in [3.8, 4) is 33.6 Å². The van der Waals surface area contributed by atoms with Gasteiger partial charge in [-0.3, -0.25) is 10.3 Å². The molecule has 61 heavy (non-hydrogen) atoms. The molecule has 3 heterocycles. The van der Waals surface area contributed by atoms with Gasteiger partial charge in [0.25, 0.3) is 0 Å². The van der Waals surface area contributed by atoms with Crippen molar-refractivity contribution >= 4 is 49.3 Å². The Hall–Kier alpha value is -7.79. The zero-order chi connectivity index (χ0) is 40.3. The maximum absolute atomic E-state index is 5.42. The molecule has 4 heteroatoms. The fourth-order valence-electron chi connectivity index (χ4n) is 9.52. The minimum atomic E-state index is -0.221. The second kappa shape index (κ2) is 14.5. The lowest BCUT2D eigenvalue weighted by atomic mass is 9.97. The molecule has 0 aliphatic carbocycles. The highest BCUT2D eigenvalue weighted by atomic mass is 15.2. The Morgan fingerprint density at radius 1 is 0.328 bits per heavy atom. The molecule has 2 unspecified atom stereocenters. The van der Waals surface area contributed by atoms with E-state index >= 15 is 0 Å². The molecule has 288 valence electrons. The van der Waals surface area contributed by atoms with Gasteiger partial charge in [-0.15, -0.1) is 0 Å². The highest BCUT2D eigenvalue weighted by molar-refractivity contribution is 6.19. The Labute approximate surface area is 354 Å². The molecule has 0 saturated carbocycles. The molecule has 1 aliphatic rings. The van der Waals surface area contributed by atoms with Crippen molar-refractivity contribution in [1.29, 1.82) is 0 Å². The van der Waals surface area contributed by atoms with Crippen molar-refractivity contribution in [1.82, 2.24) is 14.5 Å². The van der Waals surface area contributed by atoms with Crippen LogP contribution in [0.3, 0.4) is 0 Å². The first-order valence-electron chi connectivity index (χ1n) is 21.0. The fourth-order valence-corrected chi connectivity index (χ4v) is 9.52. The van der Waals surface area contributed by atoms with Crippen LogP contribution < -0.4 is 5.32 Å². The molecule has 9 aromatic carbocycles. The summed E-state index contributed by atoms with van der Waals surface area (Å²) in [5, 5.41) is 8.83. The van der Waals surface area contributed by atoms with E-state index in [1.807, 2.05) is 0 Å². The van der Waals surface area contributed by atoms with Crippen molar-refractivity contribution in [3.05, 3.63) is 241 Å². The third-order valence-electron chi connectivity index (χ3n) is 12.4. The number of hydrogen-bond acceptors (Lipinski definition) is 2. The van der Waals surface area contributed by atoms with Gasteiger partial charge < -0.3 is 9.13 Å². The van der Waals surface area contributed by atoms with Crippen molar-refractivity contribution in [2.75, 3.05) is 0 Å². The summed E-state index contributed by atoms with van der Waals surface area (Å²) in [5.41, 5.74) is 16.2. The van der Waals surface area contributed by atoms with Gasteiger partial charge in [-0.1, -0.05) is 176 Å². The normalized spacial score (nSPS) is 15.2. The van der Waals surface area contributed by atoms with E-state index in [2.05, 4.69) is 239 Å². The van der Waals surface area contributed by atoms with Crippen LogP contribution in [0.2, 0.25) is 0 Å². The fraction of sp³-hybridized carbons (Fsp3) is 0.0351. The van der Waals surface area contributed by atoms with Crippen molar-refractivity contribution in [2.24, 2.45) is 4.99 Å². The van der Waals surface area contributed by atoms with E-state index in [1.54, 1.807) is 0 Å². The van der Waals surface area contributed by atoms with Gasteiger partial charge in [0.05, 0.1) is 33.8 Å². The summed E-state index contributed by atoms with van der Waals surface area (Å²) in [6.07, 6.45) is -0.221. The Kier molecular flexibility index (Phi) is 8.36. The first-order valence-corrected chi connectivity index (χ1v) is 21.0. The van der Waals surface area contributed by atoms with Crippen LogP contribution in [0.25, 0.3) is 77.2 Å². The Morgan fingerprint density at radius 3 is 1.56 bits per heavy atom. The number of aliphatic imine (C=N–C) groups is 1. The molecular weight excluding hydrogens is 741 g/mol. The highest BCUT2D eigenvalue weighted by Crippen LogP contribution is 2.42. The molecule has 2 aromatic heterocycles. The number of fused-ring (bicyclic) bond motifs is 6. The van der Waals surface area contributed by atoms with Gasteiger partial charge in [0.2, 0.25) is 0 Å². The van der Waals surface area contributed by atoms with Gasteiger partial charge in [0.15, 0.2) is 0 Å². The second-order valence-corrected chi connectivity index (χ2v) is 16.0. The quantitative estimate of drug-likeness (QED) is 0.172. The molecule has 0 spiro atoms. The summed E-state index contributed by atoms with van der Waals surface area (Å²) < 4.78 is 4.89. The van der Waals surface area contributed by atoms with Gasteiger partial charge in [-0.2, -0.15) is 0 Å². The number of aromatic nitrogens is 2. The summed E-state index contributed by atoms with van der Waals surface area (Å²) in [4.78, 5) is 5.42. The lowest BCUT2D eigenvalue weighted by Crippen LogP contribution is -2.24. The monoisotopic (exact) mass is 780 g/mol. The summed E-state index contributed by atoms with van der Waals surface area (Å²) >= 11 is 0. The van der Waals surface area contributed by atoms with Crippen LogP contribution in [-0.4, -0.2) is 14.8 Å². The average molecular weight is 781 g/mol. The van der Waals surface area contributed by atoms with Crippen LogP contribution in [0.5, 0.6) is 0 Å². The second-order valence-electron chi connectivity index (χ2n) is 16.0. The maximum Gasteiger partial charge on any atom is 0.126 e. The third kappa shape index (κ3) is 5.99. The van der Waals surface area contributed by atoms with Crippen LogP contribution in [0.15, 0.2) is 229 Å². The lowest BCUT2D eigenvalue weighted by molar-refractivity contribution is 0.573. The van der Waals surface area contributed by atoms with E-state index < -0.39 is 0 Å². The average Bonchev–Trinajstić information content (AvgIpc) is 4.02. The minimum Gasteiger partial charge on any atom is -0.309 e. The number of nitrogens with zero attached hydrogens (tertiary/aromatic N) is 3. The standard InChI is InChI=1S/C57H40N4/c1-5-16-38(17-6-1)40-28-31-45(32-29-40)60-51-27-14-13-26-47(51)49-36-50-48-33-30-43(39-18-7-2-8-19-39)35-52(48)61(54(50)37-53(49)60)46-25-15-24-44(34-46)57-58-55(41-20-9-3-10-21-41)56(59-57)42-22-11-4-12-23-42/h1-37,55,57-58H. The summed E-state index contributed by atoms with van der Waals surface area (Å²) in [6.45, 7) is 0. The first kappa shape index (κ1) is 35.2. The minimum absolute atomic E-state index is 0.0316. The Bertz CT molecular complexity index is 3420. The Balaban J connectivity index is 1.07. The summed E-state index contributed by atoms with van der Waals surface area (Å²) in [5.74, 6) is 0.